The van der Waals surface area contributed by atoms with Crippen LogP contribution in [0.4, 0.5) is 4.39 Å². The van der Waals surface area contributed by atoms with E-state index in [-0.39, 0.29) is 12.4 Å². The Kier molecular flexibility index (Phi) is 6.21. The van der Waals surface area contributed by atoms with E-state index in [1.54, 1.807) is 48.7 Å². The van der Waals surface area contributed by atoms with Crippen LogP contribution in [0.15, 0.2) is 54.7 Å². The van der Waals surface area contributed by atoms with Gasteiger partial charge in [0.1, 0.15) is 11.9 Å². The Morgan fingerprint density at radius 2 is 1.79 bits per heavy atom. The molecule has 2 aromatic carbocycles. The number of halogens is 1. The number of benzene rings is 2. The minimum absolute atomic E-state index is 0.162. The summed E-state index contributed by atoms with van der Waals surface area (Å²) in [5, 5.41) is 9.68. The highest BCUT2D eigenvalue weighted by Gasteiger charge is 2.42. The number of hydrogen-bond acceptors (Lipinski definition) is 6. The van der Waals surface area contributed by atoms with Gasteiger partial charge in [0.25, 0.3) is 5.91 Å². The molecule has 1 aromatic heterocycles. The highest BCUT2D eigenvalue weighted by molar-refractivity contribution is 5.97. The fourth-order valence-corrected chi connectivity index (χ4v) is 4.13. The maximum atomic E-state index is 14.5. The number of ether oxygens (including phenoxy) is 2. The Hall–Kier alpha value is -4.01. The maximum absolute atomic E-state index is 14.5. The summed E-state index contributed by atoms with van der Waals surface area (Å²) in [6.07, 6.45) is 2.16. The van der Waals surface area contributed by atoms with Crippen LogP contribution in [0.3, 0.4) is 0 Å². The van der Waals surface area contributed by atoms with E-state index in [0.717, 1.165) is 0 Å². The topological polar surface area (TPSA) is 102 Å². The molecule has 33 heavy (non-hydrogen) atoms. The molecule has 0 aliphatic carbocycles. The van der Waals surface area contributed by atoms with Crippen LogP contribution in [0.25, 0.3) is 11.1 Å². The monoisotopic (exact) mass is 451 g/mol. The first-order valence-corrected chi connectivity index (χ1v) is 10.3. The van der Waals surface area contributed by atoms with Gasteiger partial charge in [0.15, 0.2) is 0 Å². The normalized spacial score (nSPS) is 17.6. The minimum atomic E-state index is -1.11. The first kappa shape index (κ1) is 22.2. The first-order valence-electron chi connectivity index (χ1n) is 10.3. The molecular formula is C24H22FN3O5. The molecule has 1 saturated heterocycles. The molecule has 4 rings (SSSR count). The lowest BCUT2D eigenvalue weighted by atomic mass is 10.0. The third kappa shape index (κ3) is 4.21. The molecule has 0 bridgehead atoms. The zero-order valence-electron chi connectivity index (χ0n) is 18.1. The smallest absolute Gasteiger partial charge is 0.326 e. The highest BCUT2D eigenvalue weighted by Crippen LogP contribution is 2.39. The summed E-state index contributed by atoms with van der Waals surface area (Å²) in [5.74, 6) is -1.74. The SMILES string of the molecule is COc1ncc(-c2ccc(C(=O)N3[C@@H](c4ccccc4F)CC[C@H]3C(=O)O)cc2)c(OC)n1. The summed E-state index contributed by atoms with van der Waals surface area (Å²) in [7, 11) is 2.93. The molecule has 2 heterocycles. The van der Waals surface area contributed by atoms with Gasteiger partial charge in [-0.15, -0.1) is 0 Å². The van der Waals surface area contributed by atoms with Crippen molar-refractivity contribution in [1.29, 1.82) is 0 Å². The molecule has 0 radical (unpaired) electrons. The van der Waals surface area contributed by atoms with Crippen molar-refractivity contribution in [1.82, 2.24) is 14.9 Å². The van der Waals surface area contributed by atoms with Crippen LogP contribution < -0.4 is 9.47 Å². The number of amides is 1. The fourth-order valence-electron chi connectivity index (χ4n) is 4.13. The second-order valence-electron chi connectivity index (χ2n) is 7.54. The molecule has 1 N–H and O–H groups in total. The van der Waals surface area contributed by atoms with Crippen LogP contribution in [-0.2, 0) is 4.79 Å². The lowest BCUT2D eigenvalue weighted by Crippen LogP contribution is -2.42. The van der Waals surface area contributed by atoms with Gasteiger partial charge in [0.2, 0.25) is 5.88 Å². The van der Waals surface area contributed by atoms with E-state index in [9.17, 15) is 19.1 Å². The second kappa shape index (κ2) is 9.23. The molecule has 0 saturated carbocycles. The lowest BCUT2D eigenvalue weighted by Gasteiger charge is -2.29. The Bertz CT molecular complexity index is 1180. The Labute approximate surface area is 189 Å². The van der Waals surface area contributed by atoms with E-state index in [2.05, 4.69) is 9.97 Å². The number of likely N-dealkylation sites (tertiary alicyclic amines) is 1. The van der Waals surface area contributed by atoms with Crippen LogP contribution in [0.5, 0.6) is 11.9 Å². The predicted octanol–water partition coefficient (Wildman–Crippen LogP) is 3.73. The van der Waals surface area contributed by atoms with E-state index in [4.69, 9.17) is 9.47 Å². The van der Waals surface area contributed by atoms with Gasteiger partial charge in [-0.1, -0.05) is 30.3 Å². The predicted molar refractivity (Wildman–Crippen MR) is 117 cm³/mol. The zero-order chi connectivity index (χ0) is 23.5. The molecule has 1 amide bonds. The molecule has 1 fully saturated rings. The van der Waals surface area contributed by atoms with Crippen molar-refractivity contribution in [2.24, 2.45) is 0 Å². The molecule has 9 heteroatoms. The van der Waals surface area contributed by atoms with Crippen molar-refractivity contribution < 1.29 is 28.6 Å². The molecular weight excluding hydrogens is 429 g/mol. The summed E-state index contributed by atoms with van der Waals surface area (Å²) in [6, 6.07) is 11.2. The Morgan fingerprint density at radius 1 is 1.06 bits per heavy atom. The number of carbonyl (C=O) groups excluding carboxylic acids is 1. The number of carboxylic acid groups (broad SMARTS) is 1. The quantitative estimate of drug-likeness (QED) is 0.609. The first-order chi connectivity index (χ1) is 15.9. The summed E-state index contributed by atoms with van der Waals surface area (Å²) in [6.45, 7) is 0. The number of carboxylic acids is 1. The van der Waals surface area contributed by atoms with Crippen LogP contribution >= 0.6 is 0 Å². The number of rotatable bonds is 6. The van der Waals surface area contributed by atoms with E-state index in [0.29, 0.717) is 34.6 Å². The Balaban J connectivity index is 1.66. The third-order valence-corrected chi connectivity index (χ3v) is 5.72. The second-order valence-corrected chi connectivity index (χ2v) is 7.54. The average molecular weight is 451 g/mol. The number of nitrogens with zero attached hydrogens (tertiary/aromatic N) is 3. The van der Waals surface area contributed by atoms with Gasteiger partial charge in [0, 0.05) is 17.3 Å². The molecule has 1 aliphatic heterocycles. The average Bonchev–Trinajstić information content (AvgIpc) is 3.29. The number of carbonyl (C=O) groups is 2. The van der Waals surface area contributed by atoms with Crippen LogP contribution in [0, 0.1) is 5.82 Å². The van der Waals surface area contributed by atoms with Gasteiger partial charge in [-0.3, -0.25) is 4.79 Å². The van der Waals surface area contributed by atoms with Gasteiger partial charge < -0.3 is 19.5 Å². The van der Waals surface area contributed by atoms with E-state index < -0.39 is 29.8 Å². The molecule has 3 aromatic rings. The van der Waals surface area contributed by atoms with E-state index in [1.807, 2.05) is 0 Å². The van der Waals surface area contributed by atoms with Gasteiger partial charge in [0.05, 0.1) is 25.8 Å². The molecule has 1 aliphatic rings. The van der Waals surface area contributed by atoms with Crippen LogP contribution in [0.1, 0.15) is 34.8 Å². The van der Waals surface area contributed by atoms with Crippen molar-refractivity contribution >= 4 is 11.9 Å². The van der Waals surface area contributed by atoms with Gasteiger partial charge in [-0.05, 0) is 36.6 Å². The number of hydrogen-bond donors (Lipinski definition) is 1. The maximum Gasteiger partial charge on any atom is 0.326 e. The van der Waals surface area contributed by atoms with Gasteiger partial charge >= 0.3 is 12.0 Å². The molecule has 0 unspecified atom stereocenters. The third-order valence-electron chi connectivity index (χ3n) is 5.72. The fraction of sp³-hybridized carbons (Fsp3) is 0.250. The van der Waals surface area contributed by atoms with Crippen molar-refractivity contribution in [3.63, 3.8) is 0 Å². The largest absolute Gasteiger partial charge is 0.480 e. The standard InChI is InChI=1S/C24H22FN3O5/c1-32-21-17(13-26-24(27-21)33-2)14-7-9-15(10-8-14)22(29)28-19(11-12-20(28)23(30)31)16-5-3-4-6-18(16)25/h3-10,13,19-20H,11-12H2,1-2H3,(H,30,31)/t19-,20+/m1/s1. The minimum Gasteiger partial charge on any atom is -0.480 e. The van der Waals surface area contributed by atoms with Crippen molar-refractivity contribution in [2.75, 3.05) is 14.2 Å². The summed E-state index contributed by atoms with van der Waals surface area (Å²) in [5.41, 5.74) is 1.91. The molecule has 2 atom stereocenters. The summed E-state index contributed by atoms with van der Waals surface area (Å²) in [4.78, 5) is 34.8. The number of aliphatic carboxylic acids is 1. The number of aromatic nitrogens is 2. The Morgan fingerprint density at radius 3 is 2.42 bits per heavy atom. The number of methoxy groups -OCH3 is 2. The highest BCUT2D eigenvalue weighted by atomic mass is 19.1. The van der Waals surface area contributed by atoms with E-state index in [1.165, 1.54) is 25.2 Å². The van der Waals surface area contributed by atoms with Crippen molar-refractivity contribution in [3.05, 3.63) is 71.7 Å². The van der Waals surface area contributed by atoms with Crippen molar-refractivity contribution in [2.45, 2.75) is 24.9 Å². The molecule has 0 spiro atoms. The molecule has 170 valence electrons. The summed E-state index contributed by atoms with van der Waals surface area (Å²) < 4.78 is 24.8. The van der Waals surface area contributed by atoms with Crippen molar-refractivity contribution in [3.8, 4) is 23.0 Å². The van der Waals surface area contributed by atoms with E-state index >= 15 is 0 Å². The van der Waals surface area contributed by atoms with Gasteiger partial charge in [-0.2, -0.15) is 4.98 Å². The molecule has 8 nitrogen and oxygen atoms in total. The lowest BCUT2D eigenvalue weighted by molar-refractivity contribution is -0.141. The van der Waals surface area contributed by atoms with Crippen LogP contribution in [-0.4, -0.2) is 52.1 Å². The van der Waals surface area contributed by atoms with Crippen LogP contribution in [0.2, 0.25) is 0 Å². The summed E-state index contributed by atoms with van der Waals surface area (Å²) >= 11 is 0. The van der Waals surface area contributed by atoms with Gasteiger partial charge in [-0.25, -0.2) is 14.2 Å². The zero-order valence-corrected chi connectivity index (χ0v) is 18.1.